The van der Waals surface area contributed by atoms with Crippen LogP contribution in [0.25, 0.3) is 0 Å². The fourth-order valence-electron chi connectivity index (χ4n) is 3.46. The average molecular weight is 311 g/mol. The molecule has 1 N–H and O–H groups in total. The molecule has 0 spiro atoms. The van der Waals surface area contributed by atoms with E-state index in [-0.39, 0.29) is 6.09 Å². The van der Waals surface area contributed by atoms with E-state index in [1.807, 2.05) is 25.7 Å². The second-order valence-corrected chi connectivity index (χ2v) is 8.19. The summed E-state index contributed by atoms with van der Waals surface area (Å²) in [5, 5.41) is 3.79. The van der Waals surface area contributed by atoms with Gasteiger partial charge in [0.15, 0.2) is 0 Å². The Morgan fingerprint density at radius 3 is 2.55 bits per heavy atom. The van der Waals surface area contributed by atoms with E-state index in [1.54, 1.807) is 0 Å². The maximum atomic E-state index is 12.1. The van der Waals surface area contributed by atoms with E-state index < -0.39 is 5.60 Å². The molecule has 0 saturated carbocycles. The van der Waals surface area contributed by atoms with Crippen molar-refractivity contribution < 1.29 is 9.53 Å². The Bertz CT molecular complexity index is 394. The molecule has 0 aromatic heterocycles. The lowest BCUT2D eigenvalue weighted by Crippen LogP contribution is -2.53. The van der Waals surface area contributed by atoms with Crippen LogP contribution in [0.15, 0.2) is 0 Å². The molecule has 5 nitrogen and oxygen atoms in total. The van der Waals surface area contributed by atoms with Gasteiger partial charge in [-0.25, -0.2) is 4.79 Å². The van der Waals surface area contributed by atoms with Crippen molar-refractivity contribution in [2.75, 3.05) is 26.7 Å². The predicted octanol–water partition coefficient (Wildman–Crippen LogP) is 2.31. The van der Waals surface area contributed by atoms with Gasteiger partial charge < -0.3 is 19.9 Å². The fraction of sp³-hybridized carbons (Fsp3) is 0.941. The number of nitrogens with zero attached hydrogens (tertiary/aromatic N) is 2. The summed E-state index contributed by atoms with van der Waals surface area (Å²) in [5.74, 6) is 0.650. The predicted molar refractivity (Wildman–Crippen MR) is 89.0 cm³/mol. The van der Waals surface area contributed by atoms with Crippen LogP contribution in [0.2, 0.25) is 0 Å². The number of hydrogen-bond acceptors (Lipinski definition) is 4. The molecule has 2 aliphatic heterocycles. The quantitative estimate of drug-likeness (QED) is 0.850. The molecule has 22 heavy (non-hydrogen) atoms. The first-order chi connectivity index (χ1) is 10.2. The monoisotopic (exact) mass is 311 g/mol. The first-order valence-electron chi connectivity index (χ1n) is 8.60. The first kappa shape index (κ1) is 17.5. The normalized spacial score (nSPS) is 34.0. The second kappa shape index (κ2) is 6.75. The van der Waals surface area contributed by atoms with Crippen LogP contribution in [-0.2, 0) is 4.74 Å². The first-order valence-corrected chi connectivity index (χ1v) is 8.60. The molecule has 2 heterocycles. The van der Waals surface area contributed by atoms with Crippen molar-refractivity contribution in [1.82, 2.24) is 15.1 Å². The van der Waals surface area contributed by atoms with Gasteiger partial charge in [-0.1, -0.05) is 6.92 Å². The van der Waals surface area contributed by atoms with E-state index in [0.29, 0.717) is 24.0 Å². The minimum absolute atomic E-state index is 0.179. The molecule has 1 amide bonds. The molecular weight excluding hydrogens is 278 g/mol. The van der Waals surface area contributed by atoms with Crippen LogP contribution in [0, 0.1) is 5.92 Å². The second-order valence-electron chi connectivity index (χ2n) is 8.19. The standard InChI is InChI=1S/C17H33N3O2/c1-12-10-19(6)13(2)9-15(12)18-14-7-8-20(11-14)16(21)22-17(3,4)5/h12-15,18H,7-11H2,1-6H3. The molecule has 0 aliphatic carbocycles. The summed E-state index contributed by atoms with van der Waals surface area (Å²) in [6.07, 6.45) is 2.02. The molecule has 0 radical (unpaired) electrons. The number of hydrogen-bond donors (Lipinski definition) is 1. The van der Waals surface area contributed by atoms with Gasteiger partial charge in [-0.15, -0.1) is 0 Å². The van der Waals surface area contributed by atoms with E-state index in [0.717, 1.165) is 26.1 Å². The number of rotatable bonds is 2. The highest BCUT2D eigenvalue weighted by molar-refractivity contribution is 5.68. The van der Waals surface area contributed by atoms with Crippen LogP contribution in [0.3, 0.4) is 0 Å². The highest BCUT2D eigenvalue weighted by atomic mass is 16.6. The van der Waals surface area contributed by atoms with Gasteiger partial charge in [-0.05, 0) is 53.5 Å². The van der Waals surface area contributed by atoms with Crippen molar-refractivity contribution in [3.63, 3.8) is 0 Å². The van der Waals surface area contributed by atoms with Gasteiger partial charge in [-0.2, -0.15) is 0 Å². The molecule has 5 heteroatoms. The van der Waals surface area contributed by atoms with Crippen LogP contribution in [0.1, 0.15) is 47.5 Å². The zero-order valence-electron chi connectivity index (χ0n) is 15.1. The highest BCUT2D eigenvalue weighted by Gasteiger charge is 2.34. The maximum absolute atomic E-state index is 12.1. The maximum Gasteiger partial charge on any atom is 0.410 e. The fourth-order valence-corrected chi connectivity index (χ4v) is 3.46. The lowest BCUT2D eigenvalue weighted by atomic mass is 9.89. The zero-order valence-corrected chi connectivity index (χ0v) is 15.1. The van der Waals surface area contributed by atoms with Gasteiger partial charge in [0.25, 0.3) is 0 Å². The van der Waals surface area contributed by atoms with Gasteiger partial charge >= 0.3 is 6.09 Å². The summed E-state index contributed by atoms with van der Waals surface area (Å²) in [4.78, 5) is 16.4. The molecule has 2 rings (SSSR count). The molecule has 2 aliphatic rings. The van der Waals surface area contributed by atoms with E-state index in [1.165, 1.54) is 6.42 Å². The van der Waals surface area contributed by atoms with Crippen LogP contribution in [-0.4, -0.2) is 66.3 Å². The molecular formula is C17H33N3O2. The summed E-state index contributed by atoms with van der Waals surface area (Å²) in [7, 11) is 2.21. The van der Waals surface area contributed by atoms with E-state index in [2.05, 4.69) is 31.1 Å². The molecule has 2 fully saturated rings. The number of amides is 1. The van der Waals surface area contributed by atoms with Crippen molar-refractivity contribution in [1.29, 1.82) is 0 Å². The zero-order chi connectivity index (χ0) is 16.5. The molecule has 0 bridgehead atoms. The smallest absolute Gasteiger partial charge is 0.410 e. The Kier molecular flexibility index (Phi) is 5.38. The third-order valence-electron chi connectivity index (χ3n) is 4.90. The molecule has 128 valence electrons. The molecule has 2 saturated heterocycles. The minimum atomic E-state index is -0.416. The summed E-state index contributed by atoms with van der Waals surface area (Å²) < 4.78 is 5.46. The molecule has 0 aromatic rings. The summed E-state index contributed by atoms with van der Waals surface area (Å²) in [6, 6.07) is 1.57. The van der Waals surface area contributed by atoms with Gasteiger partial charge in [-0.3, -0.25) is 0 Å². The molecule has 4 unspecified atom stereocenters. The lowest BCUT2D eigenvalue weighted by molar-refractivity contribution is 0.0288. The average Bonchev–Trinajstić information content (AvgIpc) is 2.82. The Balaban J connectivity index is 1.82. The summed E-state index contributed by atoms with van der Waals surface area (Å²) in [6.45, 7) is 13.1. The van der Waals surface area contributed by atoms with Crippen LogP contribution in [0.5, 0.6) is 0 Å². The molecule has 0 aromatic carbocycles. The summed E-state index contributed by atoms with van der Waals surface area (Å²) >= 11 is 0. The number of carbonyl (C=O) groups is 1. The number of ether oxygens (including phenoxy) is 1. The number of likely N-dealkylation sites (tertiary alicyclic amines) is 2. The van der Waals surface area contributed by atoms with Crippen molar-refractivity contribution >= 4 is 6.09 Å². The molecule has 4 atom stereocenters. The van der Waals surface area contributed by atoms with Crippen molar-refractivity contribution in [2.24, 2.45) is 5.92 Å². The van der Waals surface area contributed by atoms with Gasteiger partial charge in [0.1, 0.15) is 5.60 Å². The topological polar surface area (TPSA) is 44.8 Å². The third kappa shape index (κ3) is 4.59. The Morgan fingerprint density at radius 1 is 1.23 bits per heavy atom. The van der Waals surface area contributed by atoms with Gasteiger partial charge in [0, 0.05) is 37.8 Å². The largest absolute Gasteiger partial charge is 0.444 e. The minimum Gasteiger partial charge on any atom is -0.444 e. The Morgan fingerprint density at radius 2 is 1.91 bits per heavy atom. The van der Waals surface area contributed by atoms with E-state index >= 15 is 0 Å². The summed E-state index contributed by atoms with van der Waals surface area (Å²) in [5.41, 5.74) is -0.416. The van der Waals surface area contributed by atoms with Crippen LogP contribution < -0.4 is 5.32 Å². The SMILES string of the molecule is CC1CN(C)C(C)CC1NC1CCN(C(=O)OC(C)(C)C)C1. The van der Waals surface area contributed by atoms with Crippen molar-refractivity contribution in [3.05, 3.63) is 0 Å². The van der Waals surface area contributed by atoms with Gasteiger partial charge in [0.05, 0.1) is 0 Å². The van der Waals surface area contributed by atoms with Crippen LogP contribution in [0.4, 0.5) is 4.79 Å². The Hall–Kier alpha value is -0.810. The number of piperidine rings is 1. The van der Waals surface area contributed by atoms with Crippen LogP contribution >= 0.6 is 0 Å². The van der Waals surface area contributed by atoms with E-state index in [4.69, 9.17) is 4.74 Å². The third-order valence-corrected chi connectivity index (χ3v) is 4.90. The van der Waals surface area contributed by atoms with Gasteiger partial charge in [0.2, 0.25) is 0 Å². The Labute approximate surface area is 135 Å². The lowest BCUT2D eigenvalue weighted by Gasteiger charge is -2.41. The number of nitrogens with one attached hydrogen (secondary N) is 1. The van der Waals surface area contributed by atoms with Crippen molar-refractivity contribution in [2.45, 2.75) is 71.2 Å². The highest BCUT2D eigenvalue weighted by Crippen LogP contribution is 2.23. The van der Waals surface area contributed by atoms with Crippen molar-refractivity contribution in [3.8, 4) is 0 Å². The number of carbonyl (C=O) groups excluding carboxylic acids is 1. The van der Waals surface area contributed by atoms with E-state index in [9.17, 15) is 4.79 Å².